The summed E-state index contributed by atoms with van der Waals surface area (Å²) in [4.78, 5) is 0. The van der Waals surface area contributed by atoms with Crippen LogP contribution < -0.4 is 0 Å². The van der Waals surface area contributed by atoms with Crippen LogP contribution in [0, 0.1) is 5.82 Å². The van der Waals surface area contributed by atoms with E-state index in [4.69, 9.17) is 0 Å². The van der Waals surface area contributed by atoms with E-state index >= 15 is 0 Å². The molecule has 0 amide bonds. The molecule has 0 saturated carbocycles. The molecule has 7 aromatic carbocycles. The van der Waals surface area contributed by atoms with Gasteiger partial charge in [-0.1, -0.05) is 84.9 Å². The van der Waals surface area contributed by atoms with E-state index in [1.165, 1.54) is 53.9 Å². The molecule has 46 heavy (non-hydrogen) atoms. The zero-order valence-electron chi connectivity index (χ0n) is 24.6. The van der Waals surface area contributed by atoms with Gasteiger partial charge in [-0.25, -0.2) is 4.39 Å². The number of fused-ring (bicyclic) bond motifs is 9. The summed E-state index contributed by atoms with van der Waals surface area (Å²) in [5.74, 6) is -0.199. The van der Waals surface area contributed by atoms with Crippen LogP contribution in [0.2, 0.25) is 0 Å². The number of halogens is 1. The second-order valence-corrected chi connectivity index (χ2v) is 13.0. The molecule has 0 atom stereocenters. The SMILES string of the molecule is Fc1ccc2sc3c(-c4ccc(-n5c6ccccc6c6cc7c8ccccc8n(-c8ccccc8)c7cc65)cc4)cccc3c2c1. The fraction of sp³-hybridized carbons (Fsp3) is 0. The van der Waals surface area contributed by atoms with Crippen LogP contribution in [0.1, 0.15) is 0 Å². The number of hydrogen-bond acceptors (Lipinski definition) is 1. The molecule has 10 aromatic rings. The Morgan fingerprint density at radius 2 is 1.02 bits per heavy atom. The van der Waals surface area contributed by atoms with Gasteiger partial charge in [0, 0.05) is 53.1 Å². The first-order valence-corrected chi connectivity index (χ1v) is 16.3. The third kappa shape index (κ3) is 3.62. The molecule has 4 heteroatoms. The van der Waals surface area contributed by atoms with Gasteiger partial charge in [0.2, 0.25) is 0 Å². The van der Waals surface area contributed by atoms with Crippen molar-refractivity contribution in [2.45, 2.75) is 0 Å². The van der Waals surface area contributed by atoms with E-state index in [2.05, 4.69) is 143 Å². The van der Waals surface area contributed by atoms with Gasteiger partial charge >= 0.3 is 0 Å². The summed E-state index contributed by atoms with van der Waals surface area (Å²) in [5, 5.41) is 7.06. The normalized spacial score (nSPS) is 12.0. The zero-order chi connectivity index (χ0) is 30.4. The van der Waals surface area contributed by atoms with Crippen LogP contribution in [0.3, 0.4) is 0 Å². The lowest BCUT2D eigenvalue weighted by Gasteiger charge is -2.11. The minimum atomic E-state index is -0.199. The van der Waals surface area contributed by atoms with Gasteiger partial charge in [-0.3, -0.25) is 0 Å². The Morgan fingerprint density at radius 3 is 1.72 bits per heavy atom. The summed E-state index contributed by atoms with van der Waals surface area (Å²) in [6.45, 7) is 0. The molecule has 3 heterocycles. The quantitative estimate of drug-likeness (QED) is 0.189. The number of aromatic nitrogens is 2. The molecule has 10 rings (SSSR count). The van der Waals surface area contributed by atoms with Crippen molar-refractivity contribution < 1.29 is 4.39 Å². The summed E-state index contributed by atoms with van der Waals surface area (Å²) in [5.41, 5.74) is 9.33. The maximum atomic E-state index is 14.1. The molecule has 0 bridgehead atoms. The highest BCUT2D eigenvalue weighted by atomic mass is 32.1. The van der Waals surface area contributed by atoms with Crippen LogP contribution in [0.4, 0.5) is 4.39 Å². The summed E-state index contributed by atoms with van der Waals surface area (Å²) >= 11 is 1.73. The average molecular weight is 609 g/mol. The fourth-order valence-electron chi connectivity index (χ4n) is 7.35. The predicted molar refractivity (Wildman–Crippen MR) is 193 cm³/mol. The van der Waals surface area contributed by atoms with E-state index < -0.39 is 0 Å². The molecule has 0 spiro atoms. The number of rotatable bonds is 3. The van der Waals surface area contributed by atoms with Crippen LogP contribution in [0.25, 0.3) is 86.3 Å². The van der Waals surface area contributed by atoms with Gasteiger partial charge in [-0.2, -0.15) is 0 Å². The molecule has 2 nitrogen and oxygen atoms in total. The Balaban J connectivity index is 1.21. The lowest BCUT2D eigenvalue weighted by Crippen LogP contribution is -1.95. The molecular weight excluding hydrogens is 584 g/mol. The molecule has 0 radical (unpaired) electrons. The molecule has 0 aliphatic carbocycles. The standard InChI is InChI=1S/C42H25FN2S/c43-27-19-22-41-36(23-27)33-14-8-13-30(42(33)46-41)26-17-20-29(21-18-26)45-38-16-7-5-12-32(38)35-24-34-31-11-4-6-15-37(31)44(39(34)25-40(35)45)28-9-2-1-3-10-28/h1-25H. The highest BCUT2D eigenvalue weighted by Gasteiger charge is 2.18. The smallest absolute Gasteiger partial charge is 0.123 e. The first kappa shape index (κ1) is 25.6. The molecule has 0 aliphatic rings. The van der Waals surface area contributed by atoms with Gasteiger partial charge in [0.15, 0.2) is 0 Å². The Hall–Kier alpha value is -5.71. The Labute approximate surface area is 267 Å². The molecule has 3 aromatic heterocycles. The van der Waals surface area contributed by atoms with Gasteiger partial charge in [0.1, 0.15) is 5.82 Å². The highest BCUT2D eigenvalue weighted by molar-refractivity contribution is 7.26. The first-order valence-electron chi connectivity index (χ1n) is 15.5. The van der Waals surface area contributed by atoms with Crippen molar-refractivity contribution in [2.75, 3.05) is 0 Å². The average Bonchev–Trinajstić information content (AvgIpc) is 3.75. The summed E-state index contributed by atoms with van der Waals surface area (Å²) in [6, 6.07) is 53.1. The molecule has 0 fully saturated rings. The van der Waals surface area contributed by atoms with E-state index in [0.717, 1.165) is 32.4 Å². The molecule has 216 valence electrons. The maximum Gasteiger partial charge on any atom is 0.123 e. The monoisotopic (exact) mass is 608 g/mol. The van der Waals surface area contributed by atoms with Crippen molar-refractivity contribution in [2.24, 2.45) is 0 Å². The van der Waals surface area contributed by atoms with Crippen molar-refractivity contribution in [3.8, 4) is 22.5 Å². The summed E-state index contributed by atoms with van der Waals surface area (Å²) in [6.07, 6.45) is 0. The first-order chi connectivity index (χ1) is 22.7. The van der Waals surface area contributed by atoms with Gasteiger partial charge in [-0.05, 0) is 77.9 Å². The van der Waals surface area contributed by atoms with E-state index in [1.54, 1.807) is 23.5 Å². The molecule has 0 N–H and O–H groups in total. The predicted octanol–water partition coefficient (Wildman–Crippen LogP) is 12.1. The van der Waals surface area contributed by atoms with Gasteiger partial charge in [-0.15, -0.1) is 11.3 Å². The van der Waals surface area contributed by atoms with Gasteiger partial charge in [0.25, 0.3) is 0 Å². The number of thiophene rings is 1. The van der Waals surface area contributed by atoms with Crippen LogP contribution in [0.15, 0.2) is 152 Å². The van der Waals surface area contributed by atoms with Crippen molar-refractivity contribution in [3.63, 3.8) is 0 Å². The minimum absolute atomic E-state index is 0.199. The number of benzene rings is 7. The largest absolute Gasteiger partial charge is 0.309 e. The lowest BCUT2D eigenvalue weighted by atomic mass is 10.0. The molecular formula is C42H25FN2S. The fourth-order valence-corrected chi connectivity index (χ4v) is 8.57. The van der Waals surface area contributed by atoms with Crippen LogP contribution in [0.5, 0.6) is 0 Å². The zero-order valence-corrected chi connectivity index (χ0v) is 25.4. The molecule has 0 aliphatic heterocycles. The molecule has 0 saturated heterocycles. The van der Waals surface area contributed by atoms with Gasteiger partial charge in [0.05, 0.1) is 22.1 Å². The van der Waals surface area contributed by atoms with Crippen LogP contribution in [-0.2, 0) is 0 Å². The highest BCUT2D eigenvalue weighted by Crippen LogP contribution is 2.42. The van der Waals surface area contributed by atoms with Crippen molar-refractivity contribution >= 4 is 75.1 Å². The number of nitrogens with zero attached hydrogens (tertiary/aromatic N) is 2. The number of hydrogen-bond donors (Lipinski definition) is 0. The van der Waals surface area contributed by atoms with E-state index in [1.807, 2.05) is 6.07 Å². The molecule has 0 unspecified atom stereocenters. The van der Waals surface area contributed by atoms with Crippen molar-refractivity contribution in [1.29, 1.82) is 0 Å². The Morgan fingerprint density at radius 1 is 0.413 bits per heavy atom. The number of para-hydroxylation sites is 3. The topological polar surface area (TPSA) is 9.86 Å². The van der Waals surface area contributed by atoms with Crippen LogP contribution in [-0.4, -0.2) is 9.13 Å². The third-order valence-corrected chi connectivity index (χ3v) is 10.6. The Kier molecular flexibility index (Phi) is 5.37. The van der Waals surface area contributed by atoms with Crippen molar-refractivity contribution in [3.05, 3.63) is 157 Å². The lowest BCUT2D eigenvalue weighted by molar-refractivity contribution is 0.630. The third-order valence-electron chi connectivity index (χ3n) is 9.38. The second kappa shape index (κ2) is 9.64. The Bertz CT molecular complexity index is 2800. The summed E-state index contributed by atoms with van der Waals surface area (Å²) in [7, 11) is 0. The maximum absolute atomic E-state index is 14.1. The minimum Gasteiger partial charge on any atom is -0.309 e. The van der Waals surface area contributed by atoms with Crippen LogP contribution >= 0.6 is 11.3 Å². The van der Waals surface area contributed by atoms with E-state index in [9.17, 15) is 4.39 Å². The van der Waals surface area contributed by atoms with Gasteiger partial charge < -0.3 is 9.13 Å². The second-order valence-electron chi connectivity index (χ2n) is 11.9. The van der Waals surface area contributed by atoms with E-state index in [-0.39, 0.29) is 5.82 Å². The summed E-state index contributed by atoms with van der Waals surface area (Å²) < 4.78 is 21.2. The van der Waals surface area contributed by atoms with E-state index in [0.29, 0.717) is 0 Å². The van der Waals surface area contributed by atoms with Crippen molar-refractivity contribution in [1.82, 2.24) is 9.13 Å².